The number of hydrogen-bond donors (Lipinski definition) is 2. The molecule has 1 saturated carbocycles. The Hall–Kier alpha value is -0.780. The average molecular weight is 378 g/mol. The largest absolute Gasteiger partial charge is 0.492 e. The zero-order chi connectivity index (χ0) is 14.4. The summed E-state index contributed by atoms with van der Waals surface area (Å²) in [4.78, 5) is 11.8. The number of nitrogens with one attached hydrogen (secondary N) is 1. The second kappa shape index (κ2) is 9.28. The third-order valence-electron chi connectivity index (χ3n) is 3.56. The van der Waals surface area contributed by atoms with Crippen LogP contribution in [0.4, 0.5) is 0 Å². The maximum absolute atomic E-state index is 11.8. The number of nitrogens with two attached hydrogens (primary N) is 1. The van der Waals surface area contributed by atoms with Gasteiger partial charge in [-0.05, 0) is 53.7 Å². The average Bonchev–Trinajstić information content (AvgIpc) is 2.43. The number of carbonyl (C=O) groups is 1. The van der Waals surface area contributed by atoms with Gasteiger partial charge in [0.25, 0.3) is 0 Å². The SMILES string of the molecule is Cl.NC1CCC(NC(=O)CCOc2ccccc2Br)CC1. The molecule has 0 bridgehead atoms. The molecule has 1 aliphatic carbocycles. The molecule has 0 spiro atoms. The van der Waals surface area contributed by atoms with E-state index in [1.165, 1.54) is 0 Å². The van der Waals surface area contributed by atoms with Crippen molar-refractivity contribution < 1.29 is 9.53 Å². The minimum absolute atomic E-state index is 0. The topological polar surface area (TPSA) is 64.3 Å². The lowest BCUT2D eigenvalue weighted by atomic mass is 9.92. The Morgan fingerprint density at radius 1 is 1.29 bits per heavy atom. The van der Waals surface area contributed by atoms with Gasteiger partial charge in [-0.3, -0.25) is 4.79 Å². The number of rotatable bonds is 5. The van der Waals surface area contributed by atoms with E-state index >= 15 is 0 Å². The molecular formula is C15H22BrClN2O2. The Morgan fingerprint density at radius 3 is 2.62 bits per heavy atom. The van der Waals surface area contributed by atoms with Crippen LogP contribution in [0.2, 0.25) is 0 Å². The maximum atomic E-state index is 11.8. The van der Waals surface area contributed by atoms with E-state index in [-0.39, 0.29) is 24.4 Å². The van der Waals surface area contributed by atoms with Crippen LogP contribution in [-0.4, -0.2) is 24.6 Å². The molecule has 2 rings (SSSR count). The molecule has 1 amide bonds. The van der Waals surface area contributed by atoms with Gasteiger partial charge >= 0.3 is 0 Å². The second-order valence-electron chi connectivity index (χ2n) is 5.21. The Balaban J connectivity index is 0.00000220. The molecular weight excluding hydrogens is 356 g/mol. The van der Waals surface area contributed by atoms with E-state index in [2.05, 4.69) is 21.2 Å². The zero-order valence-electron chi connectivity index (χ0n) is 11.9. The van der Waals surface area contributed by atoms with Crippen molar-refractivity contribution in [3.05, 3.63) is 28.7 Å². The summed E-state index contributed by atoms with van der Waals surface area (Å²) in [5, 5.41) is 3.05. The van der Waals surface area contributed by atoms with Crippen molar-refractivity contribution in [2.24, 2.45) is 5.73 Å². The molecule has 0 heterocycles. The molecule has 1 aliphatic rings. The van der Waals surface area contributed by atoms with Crippen LogP contribution in [-0.2, 0) is 4.79 Å². The van der Waals surface area contributed by atoms with Crippen molar-refractivity contribution in [3.8, 4) is 5.75 Å². The minimum atomic E-state index is 0. The number of hydrogen-bond acceptors (Lipinski definition) is 3. The van der Waals surface area contributed by atoms with Crippen LogP contribution in [0.15, 0.2) is 28.7 Å². The van der Waals surface area contributed by atoms with E-state index in [0.717, 1.165) is 35.9 Å². The Labute approximate surface area is 140 Å². The van der Waals surface area contributed by atoms with Gasteiger partial charge in [0.15, 0.2) is 0 Å². The van der Waals surface area contributed by atoms with Gasteiger partial charge in [0, 0.05) is 12.1 Å². The molecule has 1 aromatic carbocycles. The first kappa shape index (κ1) is 18.3. The monoisotopic (exact) mass is 376 g/mol. The van der Waals surface area contributed by atoms with E-state index in [9.17, 15) is 4.79 Å². The van der Waals surface area contributed by atoms with Crippen LogP contribution in [0.5, 0.6) is 5.75 Å². The molecule has 0 aliphatic heterocycles. The standard InChI is InChI=1S/C15H21BrN2O2.ClH/c16-13-3-1-2-4-14(13)20-10-9-15(19)18-12-7-5-11(17)6-8-12;/h1-4,11-12H,5-10,17H2,(H,18,19);1H. The van der Waals surface area contributed by atoms with E-state index in [1.807, 2.05) is 24.3 Å². The van der Waals surface area contributed by atoms with E-state index in [0.29, 0.717) is 19.1 Å². The molecule has 1 fully saturated rings. The van der Waals surface area contributed by atoms with Gasteiger partial charge in [-0.1, -0.05) is 12.1 Å². The summed E-state index contributed by atoms with van der Waals surface area (Å²) in [6, 6.07) is 8.22. The lowest BCUT2D eigenvalue weighted by Crippen LogP contribution is -2.40. The lowest BCUT2D eigenvalue weighted by Gasteiger charge is -2.26. The summed E-state index contributed by atoms with van der Waals surface area (Å²) in [5.41, 5.74) is 5.85. The van der Waals surface area contributed by atoms with Crippen molar-refractivity contribution in [2.75, 3.05) is 6.61 Å². The number of benzene rings is 1. The van der Waals surface area contributed by atoms with Gasteiger partial charge in [0.2, 0.25) is 5.91 Å². The third-order valence-corrected chi connectivity index (χ3v) is 4.22. The number of carbonyl (C=O) groups excluding carboxylic acids is 1. The highest BCUT2D eigenvalue weighted by atomic mass is 79.9. The summed E-state index contributed by atoms with van der Waals surface area (Å²) in [5.74, 6) is 0.821. The fourth-order valence-electron chi connectivity index (χ4n) is 2.38. The van der Waals surface area contributed by atoms with Crippen LogP contribution >= 0.6 is 28.3 Å². The number of amides is 1. The Kier molecular flexibility index (Phi) is 8.07. The number of ether oxygens (including phenoxy) is 1. The molecule has 0 aromatic heterocycles. The summed E-state index contributed by atoms with van der Waals surface area (Å²) in [7, 11) is 0. The minimum Gasteiger partial charge on any atom is -0.492 e. The van der Waals surface area contributed by atoms with Crippen LogP contribution in [0, 0.1) is 0 Å². The summed E-state index contributed by atoms with van der Waals surface area (Å²) in [6.07, 6.45) is 4.34. The van der Waals surface area contributed by atoms with Gasteiger partial charge in [-0.15, -0.1) is 12.4 Å². The highest BCUT2D eigenvalue weighted by Crippen LogP contribution is 2.23. The predicted molar refractivity (Wildman–Crippen MR) is 89.9 cm³/mol. The highest BCUT2D eigenvalue weighted by Gasteiger charge is 2.19. The zero-order valence-corrected chi connectivity index (χ0v) is 14.3. The van der Waals surface area contributed by atoms with E-state index in [4.69, 9.17) is 10.5 Å². The predicted octanol–water partition coefficient (Wildman–Crippen LogP) is 3.03. The van der Waals surface area contributed by atoms with Crippen molar-refractivity contribution in [1.82, 2.24) is 5.32 Å². The van der Waals surface area contributed by atoms with Gasteiger partial charge in [-0.2, -0.15) is 0 Å². The van der Waals surface area contributed by atoms with Crippen LogP contribution in [0.25, 0.3) is 0 Å². The molecule has 3 N–H and O–H groups in total. The smallest absolute Gasteiger partial charge is 0.223 e. The maximum Gasteiger partial charge on any atom is 0.223 e. The van der Waals surface area contributed by atoms with Crippen molar-refractivity contribution >= 4 is 34.2 Å². The summed E-state index contributed by atoms with van der Waals surface area (Å²) >= 11 is 3.41. The molecule has 0 unspecified atom stereocenters. The second-order valence-corrected chi connectivity index (χ2v) is 6.06. The molecule has 6 heteroatoms. The summed E-state index contributed by atoms with van der Waals surface area (Å²) < 4.78 is 6.49. The fraction of sp³-hybridized carbons (Fsp3) is 0.533. The fourth-order valence-corrected chi connectivity index (χ4v) is 2.78. The Morgan fingerprint density at radius 2 is 1.95 bits per heavy atom. The van der Waals surface area contributed by atoms with Gasteiger partial charge in [0.1, 0.15) is 5.75 Å². The van der Waals surface area contributed by atoms with E-state index in [1.54, 1.807) is 0 Å². The van der Waals surface area contributed by atoms with Crippen molar-refractivity contribution in [2.45, 2.75) is 44.2 Å². The molecule has 1 aromatic rings. The third kappa shape index (κ3) is 6.24. The van der Waals surface area contributed by atoms with Crippen molar-refractivity contribution in [3.63, 3.8) is 0 Å². The van der Waals surface area contributed by atoms with Crippen molar-refractivity contribution in [1.29, 1.82) is 0 Å². The van der Waals surface area contributed by atoms with E-state index < -0.39 is 0 Å². The first-order chi connectivity index (χ1) is 9.65. The molecule has 0 saturated heterocycles. The first-order valence-electron chi connectivity index (χ1n) is 7.07. The normalized spacial score (nSPS) is 21.2. The number of para-hydroxylation sites is 1. The van der Waals surface area contributed by atoms with Crippen LogP contribution in [0.3, 0.4) is 0 Å². The molecule has 4 nitrogen and oxygen atoms in total. The molecule has 118 valence electrons. The van der Waals surface area contributed by atoms with Gasteiger partial charge in [-0.25, -0.2) is 0 Å². The highest BCUT2D eigenvalue weighted by molar-refractivity contribution is 9.10. The number of halogens is 2. The molecule has 0 radical (unpaired) electrons. The first-order valence-corrected chi connectivity index (χ1v) is 7.86. The van der Waals surface area contributed by atoms with Gasteiger partial charge < -0.3 is 15.8 Å². The molecule has 21 heavy (non-hydrogen) atoms. The quantitative estimate of drug-likeness (QED) is 0.829. The van der Waals surface area contributed by atoms with Crippen LogP contribution in [0.1, 0.15) is 32.1 Å². The van der Waals surface area contributed by atoms with Crippen LogP contribution < -0.4 is 15.8 Å². The Bertz CT molecular complexity index is 451. The lowest BCUT2D eigenvalue weighted by molar-refractivity contribution is -0.122. The molecule has 0 atom stereocenters. The van der Waals surface area contributed by atoms with Gasteiger partial charge in [0.05, 0.1) is 17.5 Å². The summed E-state index contributed by atoms with van der Waals surface area (Å²) in [6.45, 7) is 0.390.